The largest absolute Gasteiger partial charge is 0.477 e. The number of rotatable bonds is 4. The Morgan fingerprint density at radius 3 is 2.88 bits per heavy atom. The minimum atomic E-state index is -1.16. The Bertz CT molecular complexity index is 778. The Morgan fingerprint density at radius 1 is 1.29 bits per heavy atom. The molecule has 0 bridgehead atoms. The van der Waals surface area contributed by atoms with Gasteiger partial charge in [-0.05, 0) is 49.1 Å². The summed E-state index contributed by atoms with van der Waals surface area (Å²) in [5.74, 6) is -1.66. The van der Waals surface area contributed by atoms with E-state index in [-0.39, 0.29) is 23.5 Å². The van der Waals surface area contributed by atoms with Gasteiger partial charge in [0.25, 0.3) is 5.91 Å². The predicted molar refractivity (Wildman–Crippen MR) is 85.4 cm³/mol. The Balaban J connectivity index is 1.78. The van der Waals surface area contributed by atoms with E-state index in [0.29, 0.717) is 18.5 Å². The lowest BCUT2D eigenvalue weighted by Gasteiger charge is -2.25. The van der Waals surface area contributed by atoms with Crippen LogP contribution >= 0.6 is 0 Å². The maximum atomic E-state index is 13.3. The van der Waals surface area contributed by atoms with Gasteiger partial charge in [-0.2, -0.15) is 0 Å². The lowest BCUT2D eigenvalue weighted by Crippen LogP contribution is -2.37. The average Bonchev–Trinajstić information content (AvgIpc) is 3.02. The highest BCUT2D eigenvalue weighted by molar-refractivity contribution is 5.97. The van der Waals surface area contributed by atoms with Crippen molar-refractivity contribution in [1.82, 2.24) is 9.88 Å². The fraction of sp³-hybridized carbons (Fsp3) is 0.278. The number of halogens is 1. The van der Waals surface area contributed by atoms with Crippen molar-refractivity contribution in [3.05, 3.63) is 65.2 Å². The van der Waals surface area contributed by atoms with Crippen LogP contribution in [0.25, 0.3) is 0 Å². The second kappa shape index (κ2) is 6.78. The van der Waals surface area contributed by atoms with Gasteiger partial charge >= 0.3 is 5.97 Å². The summed E-state index contributed by atoms with van der Waals surface area (Å²) in [5.41, 5.74) is 1.01. The lowest BCUT2D eigenvalue weighted by atomic mass is 10.0. The molecule has 0 radical (unpaired) electrons. The maximum absolute atomic E-state index is 13.3. The number of carbonyl (C=O) groups excluding carboxylic acids is 1. The van der Waals surface area contributed by atoms with Crippen LogP contribution in [0.4, 0.5) is 4.39 Å². The SMILES string of the molecule is O=C(O)c1cc(C(=O)N2CCCC2Cc2cccc(F)c2)ccn1. The summed E-state index contributed by atoms with van der Waals surface area (Å²) >= 11 is 0. The Morgan fingerprint density at radius 2 is 2.12 bits per heavy atom. The number of hydrogen-bond donors (Lipinski definition) is 1. The minimum absolute atomic E-state index is 0.0132. The van der Waals surface area contributed by atoms with Crippen molar-refractivity contribution in [2.75, 3.05) is 6.54 Å². The molecule has 0 aliphatic carbocycles. The van der Waals surface area contributed by atoms with Crippen molar-refractivity contribution in [3.63, 3.8) is 0 Å². The van der Waals surface area contributed by atoms with Crippen LogP contribution in [0.1, 0.15) is 39.3 Å². The van der Waals surface area contributed by atoms with Gasteiger partial charge in [0.05, 0.1) is 0 Å². The molecule has 3 rings (SSSR count). The molecule has 2 heterocycles. The monoisotopic (exact) mass is 328 g/mol. The third-order valence-electron chi connectivity index (χ3n) is 4.22. The summed E-state index contributed by atoms with van der Waals surface area (Å²) in [6.45, 7) is 0.615. The van der Waals surface area contributed by atoms with E-state index in [2.05, 4.69) is 4.98 Å². The number of aromatic nitrogens is 1. The Hall–Kier alpha value is -2.76. The summed E-state index contributed by atoms with van der Waals surface area (Å²) in [4.78, 5) is 29.2. The number of nitrogens with zero attached hydrogens (tertiary/aromatic N) is 2. The van der Waals surface area contributed by atoms with Crippen LogP contribution in [0.15, 0.2) is 42.6 Å². The van der Waals surface area contributed by atoms with Gasteiger partial charge in [-0.25, -0.2) is 14.2 Å². The van der Waals surface area contributed by atoms with Crippen molar-refractivity contribution in [2.24, 2.45) is 0 Å². The molecule has 2 aromatic rings. The van der Waals surface area contributed by atoms with Crippen LogP contribution in [0.3, 0.4) is 0 Å². The van der Waals surface area contributed by atoms with Gasteiger partial charge in [0.2, 0.25) is 0 Å². The zero-order valence-electron chi connectivity index (χ0n) is 13.0. The zero-order valence-corrected chi connectivity index (χ0v) is 13.0. The molecule has 1 unspecified atom stereocenters. The minimum Gasteiger partial charge on any atom is -0.477 e. The molecular formula is C18H17FN2O3. The topological polar surface area (TPSA) is 70.5 Å². The van der Waals surface area contributed by atoms with E-state index in [9.17, 15) is 14.0 Å². The van der Waals surface area contributed by atoms with E-state index < -0.39 is 5.97 Å². The molecule has 1 aromatic carbocycles. The van der Waals surface area contributed by atoms with Crippen molar-refractivity contribution < 1.29 is 19.1 Å². The highest BCUT2D eigenvalue weighted by Gasteiger charge is 2.29. The summed E-state index contributed by atoms with van der Waals surface area (Å²) in [6, 6.07) is 9.18. The van der Waals surface area contributed by atoms with E-state index >= 15 is 0 Å². The van der Waals surface area contributed by atoms with E-state index in [1.54, 1.807) is 11.0 Å². The molecule has 5 nitrogen and oxygen atoms in total. The van der Waals surface area contributed by atoms with Gasteiger partial charge in [-0.1, -0.05) is 12.1 Å². The lowest BCUT2D eigenvalue weighted by molar-refractivity contribution is 0.0690. The first-order chi connectivity index (χ1) is 11.5. The van der Waals surface area contributed by atoms with Gasteiger partial charge in [0, 0.05) is 24.3 Å². The molecule has 1 atom stereocenters. The molecule has 1 fully saturated rings. The van der Waals surface area contributed by atoms with E-state index in [0.717, 1.165) is 18.4 Å². The third kappa shape index (κ3) is 3.42. The van der Waals surface area contributed by atoms with E-state index in [1.807, 2.05) is 6.07 Å². The fourth-order valence-electron chi connectivity index (χ4n) is 3.10. The quantitative estimate of drug-likeness (QED) is 0.937. The standard InChI is InChI=1S/C18H17FN2O3/c19-14-4-1-3-12(9-14)10-15-5-2-8-21(15)17(22)13-6-7-20-16(11-13)18(23)24/h1,3-4,6-7,9,11,15H,2,5,8,10H2,(H,23,24). The number of benzene rings is 1. The molecule has 1 amide bonds. The summed E-state index contributed by atoms with van der Waals surface area (Å²) in [7, 11) is 0. The van der Waals surface area contributed by atoms with Crippen LogP contribution in [-0.4, -0.2) is 39.5 Å². The highest BCUT2D eigenvalue weighted by atomic mass is 19.1. The summed E-state index contributed by atoms with van der Waals surface area (Å²) in [6.07, 6.45) is 3.64. The van der Waals surface area contributed by atoms with Gasteiger partial charge in [0.1, 0.15) is 11.5 Å². The number of amides is 1. The first-order valence-corrected chi connectivity index (χ1v) is 7.79. The van der Waals surface area contributed by atoms with Gasteiger partial charge in [-0.15, -0.1) is 0 Å². The number of likely N-dealkylation sites (tertiary alicyclic amines) is 1. The molecule has 1 N–H and O–H groups in total. The molecule has 1 saturated heterocycles. The first-order valence-electron chi connectivity index (χ1n) is 7.79. The molecular weight excluding hydrogens is 311 g/mol. The number of carbonyl (C=O) groups is 2. The van der Waals surface area contributed by atoms with Crippen molar-refractivity contribution >= 4 is 11.9 Å². The molecule has 1 aliphatic heterocycles. The summed E-state index contributed by atoms with van der Waals surface area (Å²) < 4.78 is 13.3. The van der Waals surface area contributed by atoms with Crippen molar-refractivity contribution in [1.29, 1.82) is 0 Å². The second-order valence-electron chi connectivity index (χ2n) is 5.86. The number of aromatic carboxylic acids is 1. The maximum Gasteiger partial charge on any atom is 0.354 e. The van der Waals surface area contributed by atoms with Crippen LogP contribution in [0.5, 0.6) is 0 Å². The van der Waals surface area contributed by atoms with Crippen LogP contribution in [0, 0.1) is 5.82 Å². The normalized spacial score (nSPS) is 17.0. The van der Waals surface area contributed by atoms with Gasteiger partial charge < -0.3 is 10.0 Å². The number of carboxylic acid groups (broad SMARTS) is 1. The smallest absolute Gasteiger partial charge is 0.354 e. The number of pyridine rings is 1. The highest BCUT2D eigenvalue weighted by Crippen LogP contribution is 2.23. The Kier molecular flexibility index (Phi) is 4.55. The first kappa shape index (κ1) is 16.1. The van der Waals surface area contributed by atoms with Crippen molar-refractivity contribution in [3.8, 4) is 0 Å². The molecule has 0 spiro atoms. The van der Waals surface area contributed by atoms with E-state index in [4.69, 9.17) is 5.11 Å². The van der Waals surface area contributed by atoms with Crippen LogP contribution in [0.2, 0.25) is 0 Å². The molecule has 1 aromatic heterocycles. The summed E-state index contributed by atoms with van der Waals surface area (Å²) in [5, 5.41) is 9.01. The average molecular weight is 328 g/mol. The predicted octanol–water partition coefficient (Wildman–Crippen LogP) is 2.77. The number of hydrogen-bond acceptors (Lipinski definition) is 3. The van der Waals surface area contributed by atoms with Crippen molar-refractivity contribution in [2.45, 2.75) is 25.3 Å². The molecule has 124 valence electrons. The Labute approximate surface area is 138 Å². The molecule has 1 aliphatic rings. The van der Waals surface area contributed by atoms with Crippen LogP contribution in [-0.2, 0) is 6.42 Å². The fourth-order valence-corrected chi connectivity index (χ4v) is 3.10. The molecule has 24 heavy (non-hydrogen) atoms. The van der Waals surface area contributed by atoms with E-state index in [1.165, 1.54) is 30.5 Å². The van der Waals surface area contributed by atoms with Gasteiger partial charge in [0.15, 0.2) is 0 Å². The third-order valence-corrected chi connectivity index (χ3v) is 4.22. The zero-order chi connectivity index (χ0) is 17.1. The molecule has 0 saturated carbocycles. The molecule has 6 heteroatoms. The van der Waals surface area contributed by atoms with Gasteiger partial charge in [-0.3, -0.25) is 4.79 Å². The number of carboxylic acids is 1. The second-order valence-corrected chi connectivity index (χ2v) is 5.86. The van der Waals surface area contributed by atoms with Crippen LogP contribution < -0.4 is 0 Å².